The summed E-state index contributed by atoms with van der Waals surface area (Å²) in [4.78, 5) is 3.87. The smallest absolute Gasteiger partial charge is 0.208 e. The molecule has 3 rings (SSSR count). The summed E-state index contributed by atoms with van der Waals surface area (Å²) in [5.74, 6) is 0.461. The van der Waals surface area contributed by atoms with E-state index in [2.05, 4.69) is 28.0 Å². The van der Waals surface area contributed by atoms with Crippen LogP contribution < -0.4 is 4.72 Å². The Morgan fingerprint density at radius 3 is 2.91 bits per heavy atom. The van der Waals surface area contributed by atoms with Crippen LogP contribution in [-0.4, -0.2) is 51.4 Å². The number of hydrogen-bond acceptors (Lipinski definition) is 5. The molecule has 2 aliphatic heterocycles. The maximum atomic E-state index is 11.2. The number of nitrogens with one attached hydrogen (secondary N) is 1. The molecule has 5 nitrogen and oxygen atoms in total. The van der Waals surface area contributed by atoms with Crippen molar-refractivity contribution in [2.75, 3.05) is 32.5 Å². The summed E-state index contributed by atoms with van der Waals surface area (Å²) in [7, 11) is -3.09. The molecule has 3 heterocycles. The van der Waals surface area contributed by atoms with Crippen LogP contribution in [0.15, 0.2) is 11.4 Å². The number of likely N-dealkylation sites (tertiary alicyclic amines) is 1. The molecule has 0 aromatic carbocycles. The fourth-order valence-corrected chi connectivity index (χ4v) is 4.99. The van der Waals surface area contributed by atoms with Crippen molar-refractivity contribution in [1.29, 1.82) is 0 Å². The van der Waals surface area contributed by atoms with Crippen LogP contribution in [-0.2, 0) is 21.3 Å². The van der Waals surface area contributed by atoms with Gasteiger partial charge in [-0.2, -0.15) is 0 Å². The molecule has 0 aliphatic carbocycles. The third-order valence-electron chi connectivity index (χ3n) is 4.77. The molecule has 1 N–H and O–H groups in total. The van der Waals surface area contributed by atoms with Crippen molar-refractivity contribution in [2.24, 2.45) is 5.92 Å². The lowest BCUT2D eigenvalue weighted by Gasteiger charge is -2.50. The Bertz CT molecular complexity index is 620. The fourth-order valence-electron chi connectivity index (χ4n) is 3.55. The van der Waals surface area contributed by atoms with Crippen LogP contribution in [0.1, 0.15) is 23.3 Å². The van der Waals surface area contributed by atoms with E-state index in [0.717, 1.165) is 39.1 Å². The molecule has 0 unspecified atom stereocenters. The molecule has 0 amide bonds. The summed E-state index contributed by atoms with van der Waals surface area (Å²) >= 11 is 1.82. The summed E-state index contributed by atoms with van der Waals surface area (Å²) in [6.45, 7) is 6.41. The first-order valence-electron chi connectivity index (χ1n) is 7.72. The number of thiophene rings is 1. The Kier molecular flexibility index (Phi) is 4.62. The lowest BCUT2D eigenvalue weighted by atomic mass is 9.79. The Morgan fingerprint density at radius 2 is 2.27 bits per heavy atom. The molecular weight excluding hydrogens is 320 g/mol. The predicted octanol–water partition coefficient (Wildman–Crippen LogP) is 1.59. The van der Waals surface area contributed by atoms with E-state index >= 15 is 0 Å². The van der Waals surface area contributed by atoms with E-state index in [0.29, 0.717) is 12.5 Å². The molecule has 0 saturated carbocycles. The van der Waals surface area contributed by atoms with Crippen LogP contribution in [0.3, 0.4) is 0 Å². The molecule has 0 bridgehead atoms. The van der Waals surface area contributed by atoms with Gasteiger partial charge in [0.05, 0.1) is 11.9 Å². The lowest BCUT2D eigenvalue weighted by Crippen LogP contribution is -2.64. The zero-order valence-electron chi connectivity index (χ0n) is 13.2. The molecule has 7 heteroatoms. The van der Waals surface area contributed by atoms with Crippen molar-refractivity contribution in [1.82, 2.24) is 9.62 Å². The molecule has 0 radical (unpaired) electrons. The van der Waals surface area contributed by atoms with E-state index in [1.54, 1.807) is 0 Å². The minimum absolute atomic E-state index is 0.0374. The van der Waals surface area contributed by atoms with Crippen molar-refractivity contribution in [3.05, 3.63) is 21.9 Å². The Morgan fingerprint density at radius 1 is 1.50 bits per heavy atom. The predicted molar refractivity (Wildman–Crippen MR) is 88.6 cm³/mol. The van der Waals surface area contributed by atoms with Gasteiger partial charge in [0, 0.05) is 37.7 Å². The highest BCUT2D eigenvalue weighted by Gasteiger charge is 2.52. The van der Waals surface area contributed by atoms with E-state index < -0.39 is 10.0 Å². The van der Waals surface area contributed by atoms with E-state index in [9.17, 15) is 8.42 Å². The van der Waals surface area contributed by atoms with E-state index in [1.807, 2.05) is 11.3 Å². The standard InChI is InChI=1S/C15H24N2O3S2/c1-12-5-8-21-14(12)9-17-10-15(11-17)13(4-7-20-15)3-6-16-22(2,18)19/h5,8,13,16H,3-4,6-7,9-11H2,1-2H3/t13-/m1/s1. The van der Waals surface area contributed by atoms with Crippen LogP contribution in [0.25, 0.3) is 0 Å². The van der Waals surface area contributed by atoms with Gasteiger partial charge in [0.25, 0.3) is 0 Å². The van der Waals surface area contributed by atoms with Crippen molar-refractivity contribution in [3.8, 4) is 0 Å². The highest BCUT2D eigenvalue weighted by molar-refractivity contribution is 7.88. The minimum atomic E-state index is -3.09. The van der Waals surface area contributed by atoms with Crippen LogP contribution in [0.4, 0.5) is 0 Å². The van der Waals surface area contributed by atoms with E-state index in [1.165, 1.54) is 16.7 Å². The van der Waals surface area contributed by atoms with Crippen molar-refractivity contribution in [2.45, 2.75) is 31.9 Å². The normalized spacial score (nSPS) is 24.7. The average molecular weight is 345 g/mol. The second-order valence-electron chi connectivity index (χ2n) is 6.53. The summed E-state index contributed by atoms with van der Waals surface area (Å²) in [6.07, 6.45) is 3.11. The van der Waals surface area contributed by atoms with E-state index in [-0.39, 0.29) is 5.60 Å². The number of rotatable bonds is 6. The molecule has 1 aromatic heterocycles. The number of nitrogens with zero attached hydrogens (tertiary/aromatic N) is 1. The zero-order valence-corrected chi connectivity index (χ0v) is 14.8. The summed E-state index contributed by atoms with van der Waals surface area (Å²) in [5, 5.41) is 2.14. The summed E-state index contributed by atoms with van der Waals surface area (Å²) in [6, 6.07) is 2.17. The van der Waals surface area contributed by atoms with Gasteiger partial charge in [-0.1, -0.05) is 0 Å². The van der Waals surface area contributed by atoms with Crippen LogP contribution in [0.5, 0.6) is 0 Å². The molecule has 2 saturated heterocycles. The largest absolute Gasteiger partial charge is 0.372 e. The first kappa shape index (κ1) is 16.4. The summed E-state index contributed by atoms with van der Waals surface area (Å²) < 4.78 is 31.0. The first-order valence-corrected chi connectivity index (χ1v) is 10.5. The van der Waals surface area contributed by atoms with E-state index in [4.69, 9.17) is 4.74 Å². The third-order valence-corrected chi connectivity index (χ3v) is 6.51. The van der Waals surface area contributed by atoms with Gasteiger partial charge in [0.15, 0.2) is 0 Å². The second kappa shape index (κ2) is 6.20. The fraction of sp³-hybridized carbons (Fsp3) is 0.733. The summed E-state index contributed by atoms with van der Waals surface area (Å²) in [5.41, 5.74) is 1.33. The minimum Gasteiger partial charge on any atom is -0.372 e. The van der Waals surface area contributed by atoms with Gasteiger partial charge >= 0.3 is 0 Å². The molecule has 1 aromatic rings. The quantitative estimate of drug-likeness (QED) is 0.851. The monoisotopic (exact) mass is 344 g/mol. The van der Waals surface area contributed by atoms with Crippen molar-refractivity contribution < 1.29 is 13.2 Å². The van der Waals surface area contributed by atoms with Gasteiger partial charge in [-0.25, -0.2) is 13.1 Å². The second-order valence-corrected chi connectivity index (χ2v) is 9.36. The van der Waals surface area contributed by atoms with Gasteiger partial charge in [-0.3, -0.25) is 4.90 Å². The Labute approximate surface area is 136 Å². The van der Waals surface area contributed by atoms with Gasteiger partial charge < -0.3 is 4.74 Å². The van der Waals surface area contributed by atoms with Crippen LogP contribution in [0, 0.1) is 12.8 Å². The van der Waals surface area contributed by atoms with Gasteiger partial charge in [0.2, 0.25) is 10.0 Å². The molecule has 1 atom stereocenters. The first-order chi connectivity index (χ1) is 10.4. The molecule has 124 valence electrons. The topological polar surface area (TPSA) is 58.6 Å². The zero-order chi connectivity index (χ0) is 15.8. The highest BCUT2D eigenvalue weighted by atomic mass is 32.2. The maximum Gasteiger partial charge on any atom is 0.208 e. The third kappa shape index (κ3) is 3.54. The highest BCUT2D eigenvalue weighted by Crippen LogP contribution is 2.42. The number of hydrogen-bond donors (Lipinski definition) is 1. The van der Waals surface area contributed by atoms with Crippen LogP contribution >= 0.6 is 11.3 Å². The Hall–Kier alpha value is -0.470. The van der Waals surface area contributed by atoms with Gasteiger partial charge in [0.1, 0.15) is 0 Å². The Balaban J connectivity index is 1.51. The van der Waals surface area contributed by atoms with Crippen molar-refractivity contribution >= 4 is 21.4 Å². The molecule has 2 aliphatic rings. The van der Waals surface area contributed by atoms with Crippen LogP contribution in [0.2, 0.25) is 0 Å². The lowest BCUT2D eigenvalue weighted by molar-refractivity contribution is -0.136. The SMILES string of the molecule is Cc1ccsc1CN1CC2(C1)OCC[C@H]2CCNS(C)(=O)=O. The van der Waals surface area contributed by atoms with Gasteiger partial charge in [-0.05, 0) is 42.7 Å². The maximum absolute atomic E-state index is 11.2. The molecule has 22 heavy (non-hydrogen) atoms. The average Bonchev–Trinajstić information content (AvgIpc) is 2.95. The molecular formula is C15H24N2O3S2. The number of sulfonamides is 1. The van der Waals surface area contributed by atoms with Crippen molar-refractivity contribution in [3.63, 3.8) is 0 Å². The van der Waals surface area contributed by atoms with Gasteiger partial charge in [-0.15, -0.1) is 11.3 Å². The molecule has 2 fully saturated rings. The number of aryl methyl sites for hydroxylation is 1. The number of ether oxygens (including phenoxy) is 1. The molecule has 1 spiro atoms.